The Bertz CT molecular complexity index is 1240. The number of likely N-dealkylation sites (tertiary alicyclic amines) is 1. The third-order valence-corrected chi connectivity index (χ3v) is 8.79. The minimum atomic E-state index is -4.39. The molecular weight excluding hydrogens is 537 g/mol. The Morgan fingerprint density at radius 2 is 1.89 bits per heavy atom. The fraction of sp³-hybridized carbons (Fsp3) is 0.407. The van der Waals surface area contributed by atoms with E-state index in [0.29, 0.717) is 34.5 Å². The molecule has 1 saturated heterocycles. The summed E-state index contributed by atoms with van der Waals surface area (Å²) >= 11 is 3.10. The molecule has 2 aromatic carbocycles. The Morgan fingerprint density at radius 1 is 1.18 bits per heavy atom. The number of rotatable bonds is 10. The SMILES string of the molecule is Cc1cc(SCc2sc(-c3ccc(C(F)(F)F)cc3)nc2CN2CCC(CO)CC2)ccc1OCC(=O)O. The maximum Gasteiger partial charge on any atom is 0.416 e. The molecule has 0 radical (unpaired) electrons. The molecule has 0 aliphatic carbocycles. The number of ether oxygens (including phenoxy) is 1. The second-order valence-corrected chi connectivity index (χ2v) is 11.4. The molecule has 11 heteroatoms. The van der Waals surface area contributed by atoms with Crippen molar-refractivity contribution in [2.24, 2.45) is 5.92 Å². The number of aliphatic hydroxyl groups excluding tert-OH is 1. The number of piperidine rings is 1. The molecule has 38 heavy (non-hydrogen) atoms. The van der Waals surface area contributed by atoms with E-state index in [2.05, 4.69) is 4.90 Å². The normalized spacial score (nSPS) is 15.1. The number of thioether (sulfide) groups is 1. The molecule has 6 nitrogen and oxygen atoms in total. The summed E-state index contributed by atoms with van der Waals surface area (Å²) in [5, 5.41) is 19.0. The van der Waals surface area contributed by atoms with Crippen molar-refractivity contribution in [3.63, 3.8) is 0 Å². The van der Waals surface area contributed by atoms with Crippen LogP contribution >= 0.6 is 23.1 Å². The first kappa shape index (κ1) is 28.4. The molecule has 1 fully saturated rings. The van der Waals surface area contributed by atoms with E-state index in [9.17, 15) is 23.1 Å². The summed E-state index contributed by atoms with van der Waals surface area (Å²) in [5.41, 5.74) is 1.71. The summed E-state index contributed by atoms with van der Waals surface area (Å²) in [7, 11) is 0. The maximum atomic E-state index is 13.0. The number of nitrogens with zero attached hydrogens (tertiary/aromatic N) is 2. The zero-order valence-corrected chi connectivity index (χ0v) is 22.5. The van der Waals surface area contributed by atoms with E-state index < -0.39 is 24.3 Å². The van der Waals surface area contributed by atoms with Crippen molar-refractivity contribution in [2.45, 2.75) is 43.1 Å². The predicted octanol–water partition coefficient (Wildman–Crippen LogP) is 6.10. The summed E-state index contributed by atoms with van der Waals surface area (Å²) in [6.07, 6.45) is -2.54. The summed E-state index contributed by atoms with van der Waals surface area (Å²) in [4.78, 5) is 20.0. The van der Waals surface area contributed by atoms with Crippen LogP contribution in [0.3, 0.4) is 0 Å². The van der Waals surface area contributed by atoms with Crippen LogP contribution in [0.25, 0.3) is 10.6 Å². The van der Waals surface area contributed by atoms with Gasteiger partial charge in [0.05, 0.1) is 11.3 Å². The lowest BCUT2D eigenvalue weighted by Gasteiger charge is -2.30. The van der Waals surface area contributed by atoms with E-state index in [1.54, 1.807) is 17.8 Å². The molecule has 2 N–H and O–H groups in total. The van der Waals surface area contributed by atoms with Gasteiger partial charge in [0, 0.05) is 34.2 Å². The standard InChI is InChI=1S/C27H29F3N2O4S2/c1-17-12-21(6-7-23(17)36-15-25(34)35)37-16-24-22(13-32-10-8-18(14-33)9-11-32)31-26(38-24)19-2-4-20(5-3-19)27(28,29)30/h2-7,12,18,33H,8-11,13-16H2,1H3,(H,34,35). The lowest BCUT2D eigenvalue weighted by atomic mass is 9.98. The van der Waals surface area contributed by atoms with Crippen LogP contribution in [0.4, 0.5) is 13.2 Å². The van der Waals surface area contributed by atoms with Crippen molar-refractivity contribution in [3.8, 4) is 16.3 Å². The van der Waals surface area contributed by atoms with Gasteiger partial charge in [-0.3, -0.25) is 4.90 Å². The number of hydrogen-bond acceptors (Lipinski definition) is 7. The summed E-state index contributed by atoms with van der Waals surface area (Å²) < 4.78 is 44.4. The molecule has 1 aliphatic rings. The summed E-state index contributed by atoms with van der Waals surface area (Å²) in [5.74, 6) is 0.441. The molecule has 0 unspecified atom stereocenters. The number of thiazole rings is 1. The average molecular weight is 567 g/mol. The Kier molecular flexibility index (Phi) is 9.35. The second-order valence-electron chi connectivity index (χ2n) is 9.26. The van der Waals surface area contributed by atoms with E-state index in [1.807, 2.05) is 19.1 Å². The zero-order valence-electron chi connectivity index (χ0n) is 20.8. The van der Waals surface area contributed by atoms with Crippen molar-refractivity contribution in [1.82, 2.24) is 9.88 Å². The fourth-order valence-corrected chi connectivity index (χ4v) is 6.42. The van der Waals surface area contributed by atoms with Gasteiger partial charge in [0.2, 0.25) is 0 Å². The first-order valence-corrected chi connectivity index (χ1v) is 14.0. The van der Waals surface area contributed by atoms with E-state index in [4.69, 9.17) is 14.8 Å². The minimum absolute atomic E-state index is 0.198. The second kappa shape index (κ2) is 12.5. The first-order valence-electron chi connectivity index (χ1n) is 12.2. The van der Waals surface area contributed by atoms with Crippen LogP contribution in [0.15, 0.2) is 47.4 Å². The van der Waals surface area contributed by atoms with Crippen molar-refractivity contribution < 1.29 is 32.9 Å². The molecule has 0 bridgehead atoms. The van der Waals surface area contributed by atoms with E-state index >= 15 is 0 Å². The maximum absolute atomic E-state index is 13.0. The van der Waals surface area contributed by atoms with E-state index in [-0.39, 0.29) is 6.61 Å². The van der Waals surface area contributed by atoms with Gasteiger partial charge < -0.3 is 14.9 Å². The molecule has 204 valence electrons. The number of aliphatic carboxylic acids is 1. The van der Waals surface area contributed by atoms with Crippen molar-refractivity contribution in [1.29, 1.82) is 0 Å². The Morgan fingerprint density at radius 3 is 2.50 bits per heavy atom. The fourth-order valence-electron chi connectivity index (χ4n) is 4.25. The predicted molar refractivity (Wildman–Crippen MR) is 142 cm³/mol. The molecule has 0 spiro atoms. The van der Waals surface area contributed by atoms with Gasteiger partial charge in [0.25, 0.3) is 0 Å². The van der Waals surface area contributed by atoms with E-state index in [1.165, 1.54) is 23.5 Å². The molecule has 3 aromatic rings. The molecule has 1 aliphatic heterocycles. The number of halogens is 3. The smallest absolute Gasteiger partial charge is 0.416 e. The van der Waals surface area contributed by atoms with Gasteiger partial charge in [-0.2, -0.15) is 13.2 Å². The van der Waals surface area contributed by atoms with Crippen molar-refractivity contribution in [2.75, 3.05) is 26.3 Å². The summed E-state index contributed by atoms with van der Waals surface area (Å²) in [6.45, 7) is 4.03. The summed E-state index contributed by atoms with van der Waals surface area (Å²) in [6, 6.07) is 10.7. The zero-order chi connectivity index (χ0) is 27.3. The molecule has 0 amide bonds. The molecule has 2 heterocycles. The van der Waals surface area contributed by atoms with Gasteiger partial charge >= 0.3 is 12.1 Å². The number of aromatic nitrogens is 1. The van der Waals surface area contributed by atoms with Crippen LogP contribution in [0, 0.1) is 12.8 Å². The molecule has 4 rings (SSSR count). The molecule has 1 aromatic heterocycles. The third kappa shape index (κ3) is 7.49. The Hall–Kier alpha value is -2.60. The van der Waals surface area contributed by atoms with Gasteiger partial charge in [-0.05, 0) is 74.7 Å². The quantitative estimate of drug-likeness (QED) is 0.287. The van der Waals surface area contributed by atoms with Crippen LogP contribution in [-0.4, -0.2) is 52.4 Å². The number of alkyl halides is 3. The number of carbonyl (C=O) groups is 1. The van der Waals surface area contributed by atoms with Gasteiger partial charge in [-0.25, -0.2) is 9.78 Å². The van der Waals surface area contributed by atoms with Crippen LogP contribution in [-0.2, 0) is 23.3 Å². The number of carboxylic acid groups (broad SMARTS) is 1. The van der Waals surface area contributed by atoms with Crippen LogP contribution in [0.5, 0.6) is 5.75 Å². The van der Waals surface area contributed by atoms with Gasteiger partial charge in [0.15, 0.2) is 6.61 Å². The highest BCUT2D eigenvalue weighted by Crippen LogP contribution is 2.36. The molecule has 0 atom stereocenters. The Balaban J connectivity index is 1.52. The lowest BCUT2D eigenvalue weighted by Crippen LogP contribution is -2.34. The van der Waals surface area contributed by atoms with Crippen LogP contribution in [0.1, 0.15) is 34.5 Å². The van der Waals surface area contributed by atoms with Crippen molar-refractivity contribution in [3.05, 3.63) is 64.2 Å². The largest absolute Gasteiger partial charge is 0.482 e. The number of aliphatic hydroxyl groups is 1. The Labute approximate surface area is 227 Å². The molecular formula is C27H29F3N2O4S2. The number of hydrogen-bond donors (Lipinski definition) is 2. The highest BCUT2D eigenvalue weighted by molar-refractivity contribution is 7.98. The highest BCUT2D eigenvalue weighted by atomic mass is 32.2. The van der Waals surface area contributed by atoms with Crippen molar-refractivity contribution >= 4 is 29.1 Å². The van der Waals surface area contributed by atoms with E-state index in [0.717, 1.165) is 59.1 Å². The van der Waals surface area contributed by atoms with Crippen LogP contribution in [0.2, 0.25) is 0 Å². The number of carboxylic acids is 1. The third-order valence-electron chi connectivity index (χ3n) is 6.44. The number of benzene rings is 2. The minimum Gasteiger partial charge on any atom is -0.482 e. The first-order chi connectivity index (χ1) is 18.1. The van der Waals surface area contributed by atoms with Gasteiger partial charge in [-0.15, -0.1) is 23.1 Å². The number of aryl methyl sites for hydroxylation is 1. The topological polar surface area (TPSA) is 82.9 Å². The monoisotopic (exact) mass is 566 g/mol. The molecule has 0 saturated carbocycles. The lowest BCUT2D eigenvalue weighted by molar-refractivity contribution is -0.139. The van der Waals surface area contributed by atoms with Crippen LogP contribution < -0.4 is 4.74 Å². The van der Waals surface area contributed by atoms with Gasteiger partial charge in [0.1, 0.15) is 10.8 Å². The van der Waals surface area contributed by atoms with Gasteiger partial charge in [-0.1, -0.05) is 12.1 Å². The highest BCUT2D eigenvalue weighted by Gasteiger charge is 2.30. The average Bonchev–Trinajstić information content (AvgIpc) is 3.29.